The molecule has 4 heteroatoms. The third-order valence-corrected chi connectivity index (χ3v) is 3.53. The fraction of sp³-hybridized carbons (Fsp3) is 0.143. The molecular formula is C14H14Cl2N2. The van der Waals surface area contributed by atoms with Gasteiger partial charge in [-0.2, -0.15) is 0 Å². The van der Waals surface area contributed by atoms with Gasteiger partial charge in [-0.3, -0.25) is 0 Å². The van der Waals surface area contributed by atoms with Gasteiger partial charge in [0.15, 0.2) is 0 Å². The van der Waals surface area contributed by atoms with E-state index in [1.807, 2.05) is 44.2 Å². The van der Waals surface area contributed by atoms with Crippen molar-refractivity contribution in [3.63, 3.8) is 0 Å². The van der Waals surface area contributed by atoms with Crippen molar-refractivity contribution in [1.82, 2.24) is 0 Å². The molecule has 3 N–H and O–H groups in total. The number of nitrogens with two attached hydrogens (primary N) is 1. The molecule has 0 aliphatic heterocycles. The van der Waals surface area contributed by atoms with Crippen molar-refractivity contribution in [3.8, 4) is 0 Å². The highest BCUT2D eigenvalue weighted by molar-refractivity contribution is 6.35. The van der Waals surface area contributed by atoms with Crippen LogP contribution in [0.1, 0.15) is 11.1 Å². The summed E-state index contributed by atoms with van der Waals surface area (Å²) in [6.07, 6.45) is 0. The topological polar surface area (TPSA) is 38.0 Å². The lowest BCUT2D eigenvalue weighted by Gasteiger charge is -2.14. The molecule has 18 heavy (non-hydrogen) atoms. The van der Waals surface area contributed by atoms with Crippen LogP contribution in [0.3, 0.4) is 0 Å². The zero-order chi connectivity index (χ0) is 13.3. The Labute approximate surface area is 117 Å². The molecule has 2 aromatic rings. The van der Waals surface area contributed by atoms with Crippen LogP contribution in [0.15, 0.2) is 30.3 Å². The normalized spacial score (nSPS) is 10.4. The number of benzene rings is 2. The zero-order valence-corrected chi connectivity index (χ0v) is 11.7. The summed E-state index contributed by atoms with van der Waals surface area (Å²) in [6, 6.07) is 9.40. The van der Waals surface area contributed by atoms with Crippen LogP contribution in [0.5, 0.6) is 0 Å². The highest BCUT2D eigenvalue weighted by Gasteiger charge is 2.08. The zero-order valence-electron chi connectivity index (χ0n) is 10.2. The lowest BCUT2D eigenvalue weighted by molar-refractivity contribution is 1.41. The lowest BCUT2D eigenvalue weighted by atomic mass is 10.1. The molecule has 2 rings (SSSR count). The quantitative estimate of drug-likeness (QED) is 0.765. The van der Waals surface area contributed by atoms with Crippen LogP contribution in [0.25, 0.3) is 0 Å². The second-order valence-corrected chi connectivity index (χ2v) is 5.06. The molecule has 2 aromatic carbocycles. The van der Waals surface area contributed by atoms with Gasteiger partial charge in [0.25, 0.3) is 0 Å². The van der Waals surface area contributed by atoms with Gasteiger partial charge in [0.1, 0.15) is 0 Å². The average molecular weight is 281 g/mol. The van der Waals surface area contributed by atoms with Gasteiger partial charge in [0.05, 0.1) is 22.1 Å². The minimum absolute atomic E-state index is 0.625. The van der Waals surface area contributed by atoms with E-state index in [1.54, 1.807) is 0 Å². The molecule has 0 unspecified atom stereocenters. The first kappa shape index (κ1) is 13.1. The van der Waals surface area contributed by atoms with Gasteiger partial charge in [-0.1, -0.05) is 35.3 Å². The standard InChI is InChI=1S/C14H14Cl2N2/c1-8-4-3-5-12(17)14(8)18-13-7-10(15)9(2)6-11(13)16/h3-7,18H,17H2,1-2H3. The first-order chi connectivity index (χ1) is 8.49. The summed E-state index contributed by atoms with van der Waals surface area (Å²) in [5.41, 5.74) is 10.3. The molecule has 0 fully saturated rings. The maximum Gasteiger partial charge on any atom is 0.0647 e. The van der Waals surface area contributed by atoms with Crippen molar-refractivity contribution in [2.45, 2.75) is 13.8 Å². The minimum atomic E-state index is 0.625. The molecule has 0 heterocycles. The van der Waals surface area contributed by atoms with E-state index in [-0.39, 0.29) is 0 Å². The van der Waals surface area contributed by atoms with E-state index in [1.165, 1.54) is 0 Å². The number of rotatable bonds is 2. The molecule has 2 nitrogen and oxygen atoms in total. The second kappa shape index (κ2) is 5.09. The van der Waals surface area contributed by atoms with Crippen molar-refractivity contribution in [3.05, 3.63) is 51.5 Å². The van der Waals surface area contributed by atoms with Crippen molar-refractivity contribution >= 4 is 40.3 Å². The number of nitrogens with one attached hydrogen (secondary N) is 1. The molecule has 0 saturated heterocycles. The highest BCUT2D eigenvalue weighted by atomic mass is 35.5. The number of nitrogen functional groups attached to an aromatic ring is 1. The van der Waals surface area contributed by atoms with Gasteiger partial charge in [-0.05, 0) is 43.2 Å². The fourth-order valence-corrected chi connectivity index (χ4v) is 2.17. The van der Waals surface area contributed by atoms with Gasteiger partial charge in [-0.15, -0.1) is 0 Å². The summed E-state index contributed by atoms with van der Waals surface area (Å²) in [6.45, 7) is 3.91. The van der Waals surface area contributed by atoms with Crippen LogP contribution in [0.4, 0.5) is 17.1 Å². The summed E-state index contributed by atoms with van der Waals surface area (Å²) in [7, 11) is 0. The molecule has 0 aliphatic rings. The molecule has 0 atom stereocenters. The Hall–Kier alpha value is -1.38. The maximum atomic E-state index is 6.19. The molecule has 0 spiro atoms. The Morgan fingerprint density at radius 3 is 2.39 bits per heavy atom. The molecule has 0 radical (unpaired) electrons. The van der Waals surface area contributed by atoms with Crippen molar-refractivity contribution in [2.75, 3.05) is 11.1 Å². The van der Waals surface area contributed by atoms with Crippen LogP contribution < -0.4 is 11.1 Å². The van der Waals surface area contributed by atoms with E-state index in [4.69, 9.17) is 28.9 Å². The largest absolute Gasteiger partial charge is 0.397 e. The Bertz CT molecular complexity index is 574. The molecule has 0 bridgehead atoms. The van der Waals surface area contributed by atoms with Crippen molar-refractivity contribution in [1.29, 1.82) is 0 Å². The number of hydrogen-bond acceptors (Lipinski definition) is 2. The van der Waals surface area contributed by atoms with Gasteiger partial charge in [-0.25, -0.2) is 0 Å². The SMILES string of the molecule is Cc1cc(Cl)c(Nc2c(C)cccc2N)cc1Cl. The van der Waals surface area contributed by atoms with Crippen molar-refractivity contribution < 1.29 is 0 Å². The van der Waals surface area contributed by atoms with Crippen LogP contribution in [0, 0.1) is 13.8 Å². The Morgan fingerprint density at radius 1 is 1.00 bits per heavy atom. The minimum Gasteiger partial charge on any atom is -0.397 e. The summed E-state index contributed by atoms with van der Waals surface area (Å²) < 4.78 is 0. The average Bonchev–Trinajstić information content (AvgIpc) is 2.30. The summed E-state index contributed by atoms with van der Waals surface area (Å²) in [5.74, 6) is 0. The van der Waals surface area contributed by atoms with Crippen LogP contribution in [0.2, 0.25) is 10.0 Å². The Balaban J connectivity index is 2.43. The van der Waals surface area contributed by atoms with Crippen LogP contribution >= 0.6 is 23.2 Å². The first-order valence-corrected chi connectivity index (χ1v) is 6.32. The fourth-order valence-electron chi connectivity index (χ4n) is 1.74. The third-order valence-electron chi connectivity index (χ3n) is 2.81. The molecule has 0 aromatic heterocycles. The molecular weight excluding hydrogens is 267 g/mol. The van der Waals surface area contributed by atoms with Gasteiger partial charge in [0.2, 0.25) is 0 Å². The highest BCUT2D eigenvalue weighted by Crippen LogP contribution is 2.33. The second-order valence-electron chi connectivity index (χ2n) is 4.25. The molecule has 94 valence electrons. The third kappa shape index (κ3) is 2.55. The first-order valence-electron chi connectivity index (χ1n) is 5.57. The number of hydrogen-bond donors (Lipinski definition) is 2. The van der Waals surface area contributed by atoms with Gasteiger partial charge in [0, 0.05) is 5.02 Å². The predicted molar refractivity (Wildman–Crippen MR) is 80.1 cm³/mol. The van der Waals surface area contributed by atoms with E-state index in [0.717, 1.165) is 22.5 Å². The number of aryl methyl sites for hydroxylation is 2. The smallest absolute Gasteiger partial charge is 0.0647 e. The molecule has 0 aliphatic carbocycles. The summed E-state index contributed by atoms with van der Waals surface area (Å²) in [5, 5.41) is 4.54. The number of para-hydroxylation sites is 1. The predicted octanol–water partition coefficient (Wildman–Crippen LogP) is 4.94. The summed E-state index contributed by atoms with van der Waals surface area (Å²) >= 11 is 12.3. The van der Waals surface area contributed by atoms with Gasteiger partial charge < -0.3 is 11.1 Å². The van der Waals surface area contributed by atoms with Crippen LogP contribution in [-0.2, 0) is 0 Å². The monoisotopic (exact) mass is 280 g/mol. The van der Waals surface area contributed by atoms with E-state index in [0.29, 0.717) is 15.7 Å². The number of halogens is 2. The number of anilines is 3. The van der Waals surface area contributed by atoms with Crippen molar-refractivity contribution in [2.24, 2.45) is 0 Å². The summed E-state index contributed by atoms with van der Waals surface area (Å²) in [4.78, 5) is 0. The van der Waals surface area contributed by atoms with E-state index in [9.17, 15) is 0 Å². The van der Waals surface area contributed by atoms with Crippen LogP contribution in [-0.4, -0.2) is 0 Å². The van der Waals surface area contributed by atoms with Gasteiger partial charge >= 0.3 is 0 Å². The molecule has 0 saturated carbocycles. The Morgan fingerprint density at radius 2 is 1.72 bits per heavy atom. The Kier molecular flexibility index (Phi) is 3.69. The maximum absolute atomic E-state index is 6.19. The van der Waals surface area contributed by atoms with E-state index < -0.39 is 0 Å². The van der Waals surface area contributed by atoms with E-state index >= 15 is 0 Å². The van der Waals surface area contributed by atoms with E-state index in [2.05, 4.69) is 5.32 Å². The lowest BCUT2D eigenvalue weighted by Crippen LogP contribution is -1.99. The molecule has 0 amide bonds.